The first kappa shape index (κ1) is 19.9. The molecular weight excluding hydrogens is 272 g/mol. The lowest BCUT2D eigenvalue weighted by Crippen LogP contribution is -2.24. The van der Waals surface area contributed by atoms with Crippen LogP contribution in [0.25, 0.3) is 0 Å². The van der Waals surface area contributed by atoms with Crippen LogP contribution in [0, 0.1) is 12.3 Å². The van der Waals surface area contributed by atoms with Gasteiger partial charge in [-0.1, -0.05) is 0 Å². The molecule has 1 amide bonds. The molecule has 0 heterocycles. The first-order valence-corrected chi connectivity index (χ1v) is 7.44. The van der Waals surface area contributed by atoms with Gasteiger partial charge in [0.25, 0.3) is 0 Å². The Balaban J connectivity index is 3.06. The number of ether oxygens (including phenoxy) is 3. The number of rotatable bonds is 15. The SMILES string of the molecule is C#CCCC(=O)NCCCOCCOCCOCCCN. The molecule has 0 bridgehead atoms. The molecule has 0 aromatic carbocycles. The number of carbonyl (C=O) groups is 1. The Hall–Kier alpha value is -1.13. The quantitative estimate of drug-likeness (QED) is 0.336. The topological polar surface area (TPSA) is 82.8 Å². The van der Waals surface area contributed by atoms with E-state index in [0.29, 0.717) is 65.6 Å². The van der Waals surface area contributed by atoms with Crippen molar-refractivity contribution in [3.05, 3.63) is 0 Å². The smallest absolute Gasteiger partial charge is 0.220 e. The van der Waals surface area contributed by atoms with Gasteiger partial charge in [0.05, 0.1) is 26.4 Å². The summed E-state index contributed by atoms with van der Waals surface area (Å²) in [4.78, 5) is 11.2. The molecule has 0 unspecified atom stereocenters. The molecule has 21 heavy (non-hydrogen) atoms. The van der Waals surface area contributed by atoms with Crippen LogP contribution in [0.4, 0.5) is 0 Å². The number of carbonyl (C=O) groups excluding carboxylic acids is 1. The van der Waals surface area contributed by atoms with Gasteiger partial charge in [-0.05, 0) is 19.4 Å². The fourth-order valence-electron chi connectivity index (χ4n) is 1.40. The number of hydrogen-bond acceptors (Lipinski definition) is 5. The van der Waals surface area contributed by atoms with Gasteiger partial charge in [0.15, 0.2) is 0 Å². The van der Waals surface area contributed by atoms with Crippen LogP contribution in [-0.4, -0.2) is 58.6 Å². The van der Waals surface area contributed by atoms with E-state index in [4.69, 9.17) is 26.4 Å². The minimum Gasteiger partial charge on any atom is -0.379 e. The fraction of sp³-hybridized carbons (Fsp3) is 0.800. The van der Waals surface area contributed by atoms with E-state index < -0.39 is 0 Å². The molecule has 0 saturated heterocycles. The molecule has 0 rings (SSSR count). The van der Waals surface area contributed by atoms with Gasteiger partial charge in [0, 0.05) is 32.6 Å². The van der Waals surface area contributed by atoms with Crippen molar-refractivity contribution in [2.24, 2.45) is 5.73 Å². The second-order valence-electron chi connectivity index (χ2n) is 4.39. The van der Waals surface area contributed by atoms with E-state index in [1.54, 1.807) is 0 Å². The van der Waals surface area contributed by atoms with Crippen molar-refractivity contribution in [3.8, 4) is 12.3 Å². The van der Waals surface area contributed by atoms with Crippen LogP contribution in [-0.2, 0) is 19.0 Å². The summed E-state index contributed by atoms with van der Waals surface area (Å²) in [5.41, 5.74) is 5.34. The first-order valence-electron chi connectivity index (χ1n) is 7.44. The third kappa shape index (κ3) is 16.8. The van der Waals surface area contributed by atoms with E-state index in [2.05, 4.69) is 11.2 Å². The molecule has 0 aliphatic heterocycles. The van der Waals surface area contributed by atoms with E-state index in [9.17, 15) is 4.79 Å². The van der Waals surface area contributed by atoms with Crippen molar-refractivity contribution < 1.29 is 19.0 Å². The standard InChI is InChI=1S/C15H28N2O4/c1-2-3-6-15(18)17-8-5-10-20-12-14-21-13-11-19-9-4-7-16/h1H,3-14,16H2,(H,17,18). The average molecular weight is 300 g/mol. The number of nitrogens with one attached hydrogen (secondary N) is 1. The van der Waals surface area contributed by atoms with Gasteiger partial charge in [0.2, 0.25) is 5.91 Å². The minimum atomic E-state index is -0.00841. The maximum atomic E-state index is 11.2. The van der Waals surface area contributed by atoms with E-state index in [0.717, 1.165) is 12.8 Å². The predicted molar refractivity (Wildman–Crippen MR) is 81.8 cm³/mol. The number of amides is 1. The molecule has 0 aliphatic rings. The maximum absolute atomic E-state index is 11.2. The van der Waals surface area contributed by atoms with E-state index in [1.165, 1.54) is 0 Å². The fourth-order valence-corrected chi connectivity index (χ4v) is 1.40. The van der Waals surface area contributed by atoms with E-state index in [-0.39, 0.29) is 5.91 Å². The van der Waals surface area contributed by atoms with Crippen LogP contribution < -0.4 is 11.1 Å². The molecule has 0 radical (unpaired) electrons. The zero-order valence-corrected chi connectivity index (χ0v) is 12.8. The second kappa shape index (κ2) is 16.9. The van der Waals surface area contributed by atoms with Crippen LogP contribution in [0.15, 0.2) is 0 Å². The molecule has 0 spiro atoms. The molecule has 6 nitrogen and oxygen atoms in total. The maximum Gasteiger partial charge on any atom is 0.220 e. The molecule has 3 N–H and O–H groups in total. The van der Waals surface area contributed by atoms with Crippen molar-refractivity contribution >= 4 is 5.91 Å². The van der Waals surface area contributed by atoms with Gasteiger partial charge in [-0.3, -0.25) is 4.79 Å². The Kier molecular flexibility index (Phi) is 16.0. The lowest BCUT2D eigenvalue weighted by Gasteiger charge is -2.07. The van der Waals surface area contributed by atoms with Crippen LogP contribution in [0.1, 0.15) is 25.7 Å². The van der Waals surface area contributed by atoms with Crippen LogP contribution in [0.5, 0.6) is 0 Å². The highest BCUT2D eigenvalue weighted by Gasteiger charge is 1.98. The monoisotopic (exact) mass is 300 g/mol. The highest BCUT2D eigenvalue weighted by atomic mass is 16.5. The highest BCUT2D eigenvalue weighted by molar-refractivity contribution is 5.76. The summed E-state index contributed by atoms with van der Waals surface area (Å²) in [6.07, 6.45) is 7.61. The van der Waals surface area contributed by atoms with Crippen molar-refractivity contribution in [2.45, 2.75) is 25.7 Å². The first-order chi connectivity index (χ1) is 10.3. The zero-order chi connectivity index (χ0) is 15.6. The number of nitrogens with two attached hydrogens (primary N) is 1. The summed E-state index contributed by atoms with van der Waals surface area (Å²) in [6.45, 7) is 4.80. The summed E-state index contributed by atoms with van der Waals surface area (Å²) >= 11 is 0. The normalized spacial score (nSPS) is 10.3. The molecule has 0 aromatic heterocycles. The minimum absolute atomic E-state index is 0.00841. The van der Waals surface area contributed by atoms with Gasteiger partial charge in [-0.2, -0.15) is 0 Å². The van der Waals surface area contributed by atoms with Gasteiger partial charge in [0.1, 0.15) is 0 Å². The van der Waals surface area contributed by atoms with Crippen LogP contribution in [0.3, 0.4) is 0 Å². The number of terminal acetylenes is 1. The van der Waals surface area contributed by atoms with Crippen molar-refractivity contribution in [3.63, 3.8) is 0 Å². The second-order valence-corrected chi connectivity index (χ2v) is 4.39. The third-order valence-corrected chi connectivity index (χ3v) is 2.52. The zero-order valence-electron chi connectivity index (χ0n) is 12.8. The molecular formula is C15H28N2O4. The largest absolute Gasteiger partial charge is 0.379 e. The summed E-state index contributed by atoms with van der Waals surface area (Å²) in [5, 5.41) is 2.78. The Labute approximate surface area is 127 Å². The summed E-state index contributed by atoms with van der Waals surface area (Å²) < 4.78 is 16.0. The van der Waals surface area contributed by atoms with Crippen molar-refractivity contribution in [1.82, 2.24) is 5.32 Å². The molecule has 0 aromatic rings. The van der Waals surface area contributed by atoms with Gasteiger partial charge in [-0.15, -0.1) is 12.3 Å². The van der Waals surface area contributed by atoms with Crippen LogP contribution in [0.2, 0.25) is 0 Å². The Morgan fingerprint density at radius 1 is 1.00 bits per heavy atom. The van der Waals surface area contributed by atoms with Crippen molar-refractivity contribution in [2.75, 3.05) is 52.7 Å². The summed E-state index contributed by atoms with van der Waals surface area (Å²) in [6, 6.07) is 0. The predicted octanol–water partition coefficient (Wildman–Crippen LogP) is 0.305. The lowest BCUT2D eigenvalue weighted by atomic mass is 10.3. The number of hydrogen-bond donors (Lipinski definition) is 2. The van der Waals surface area contributed by atoms with Gasteiger partial charge in [-0.25, -0.2) is 0 Å². The summed E-state index contributed by atoms with van der Waals surface area (Å²) in [7, 11) is 0. The Morgan fingerprint density at radius 3 is 2.14 bits per heavy atom. The van der Waals surface area contributed by atoms with Crippen molar-refractivity contribution in [1.29, 1.82) is 0 Å². The Bertz CT molecular complexity index is 279. The molecule has 6 heteroatoms. The van der Waals surface area contributed by atoms with Gasteiger partial charge >= 0.3 is 0 Å². The lowest BCUT2D eigenvalue weighted by molar-refractivity contribution is -0.121. The van der Waals surface area contributed by atoms with E-state index >= 15 is 0 Å². The summed E-state index contributed by atoms with van der Waals surface area (Å²) in [5.74, 6) is 2.43. The van der Waals surface area contributed by atoms with E-state index in [1.807, 2.05) is 0 Å². The Morgan fingerprint density at radius 2 is 1.57 bits per heavy atom. The third-order valence-electron chi connectivity index (χ3n) is 2.52. The molecule has 0 aliphatic carbocycles. The highest BCUT2D eigenvalue weighted by Crippen LogP contribution is 1.88. The van der Waals surface area contributed by atoms with Crippen LogP contribution >= 0.6 is 0 Å². The average Bonchev–Trinajstić information content (AvgIpc) is 2.49. The molecule has 0 atom stereocenters. The molecule has 122 valence electrons. The molecule has 0 fully saturated rings. The molecule has 0 saturated carbocycles. The van der Waals surface area contributed by atoms with Gasteiger partial charge < -0.3 is 25.3 Å².